The minimum absolute atomic E-state index is 0.0345. The van der Waals surface area contributed by atoms with Crippen LogP contribution in [0.5, 0.6) is 0 Å². The summed E-state index contributed by atoms with van der Waals surface area (Å²) in [6, 6.07) is 31.7. The Balaban J connectivity index is 0.867. The summed E-state index contributed by atoms with van der Waals surface area (Å²) >= 11 is 0. The monoisotopic (exact) mass is 1210 g/mol. The number of ether oxygens (including phenoxy) is 6. The van der Waals surface area contributed by atoms with Crippen LogP contribution in [-0.4, -0.2) is 147 Å². The fourth-order valence-electron chi connectivity index (χ4n) is 14.3. The van der Waals surface area contributed by atoms with Gasteiger partial charge >= 0.3 is 6.09 Å². The minimum Gasteiger partial charge on any atom is -0.448 e. The summed E-state index contributed by atoms with van der Waals surface area (Å²) in [7, 11) is 6.42. The van der Waals surface area contributed by atoms with Crippen molar-refractivity contribution in [1.29, 1.82) is 0 Å². The highest BCUT2D eigenvalue weighted by Crippen LogP contribution is 2.45. The molecule has 16 heteroatoms. The fraction of sp³-hybridized carbons (Fsp3) is 0.597. The molecule has 1 saturated carbocycles. The molecule has 2 aliphatic carbocycles. The number of likely N-dealkylation sites (N-methyl/N-ethyl adjacent to an activating group) is 2. The number of carbonyl (C=O) groups is 5. The number of benzene rings is 4. The Morgan fingerprint density at radius 1 is 0.682 bits per heavy atom. The fourth-order valence-corrected chi connectivity index (χ4v) is 14.3. The van der Waals surface area contributed by atoms with Crippen LogP contribution in [0, 0.1) is 23.7 Å². The first-order valence-electron chi connectivity index (χ1n) is 32.7. The second-order valence-electron chi connectivity index (χ2n) is 26.0. The van der Waals surface area contributed by atoms with Gasteiger partial charge in [-0.2, -0.15) is 0 Å². The van der Waals surface area contributed by atoms with Gasteiger partial charge < -0.3 is 48.9 Å². The number of nitrogens with one attached hydrogen (secondary N) is 2. The standard InChI is InChI=1S/C72H101N5O11/c1-13-47(6)66(75(9)71(81)64(45(2)3)74-70(80)65(46(4)5)76(10)72(82)86-44-59-57-32-21-19-30-55(57)56-31-20-22-33-58(56)59)61(83-11)41-62(78)77-40-24-34-60(77)67(84-12)48(7)69(79)73-49(8)68(53-27-15-14-16-28-53)88-63-35-23-29-54(87-63)43-85-42-50-36-38-52(39-37-50)51-25-17-18-26-51/h14-16,19-22,27-28,30-33,36-39,45-49,51,54,59-61,63-68H,13,17-18,23-26,29,34-35,40-44H2,1-12H3,(H,73,79)(H,74,80)/t47-,48+,49+,54?,60-,61+,63?,64-,65-,66-,67+,68+/m0/s1. The van der Waals surface area contributed by atoms with Crippen LogP contribution >= 0.6 is 0 Å². The number of rotatable bonds is 29. The zero-order valence-electron chi connectivity index (χ0n) is 54.5. The molecule has 0 spiro atoms. The molecule has 16 nitrogen and oxygen atoms in total. The zero-order valence-corrected chi connectivity index (χ0v) is 54.5. The van der Waals surface area contributed by atoms with Gasteiger partial charge in [-0.1, -0.05) is 171 Å². The summed E-state index contributed by atoms with van der Waals surface area (Å²) < 4.78 is 37.9. The third-order valence-electron chi connectivity index (χ3n) is 19.4. The molecule has 2 unspecified atom stereocenters. The van der Waals surface area contributed by atoms with Crippen LogP contribution in [0.2, 0.25) is 0 Å². The minimum atomic E-state index is -0.970. The van der Waals surface area contributed by atoms with E-state index in [9.17, 15) is 24.0 Å². The van der Waals surface area contributed by atoms with Gasteiger partial charge in [0.1, 0.15) is 24.8 Å². The second kappa shape index (κ2) is 32.0. The third-order valence-corrected chi connectivity index (χ3v) is 19.4. The number of nitrogens with zero attached hydrogens (tertiary/aromatic N) is 3. The third kappa shape index (κ3) is 16.4. The lowest BCUT2D eigenvalue weighted by molar-refractivity contribution is -0.229. The maximum Gasteiger partial charge on any atom is 0.410 e. The molecule has 2 aliphatic heterocycles. The Bertz CT molecular complexity index is 2850. The number of carbonyl (C=O) groups excluding carboxylic acids is 5. The molecule has 2 heterocycles. The number of likely N-dealkylation sites (tertiary alicyclic amines) is 1. The molecule has 12 atom stereocenters. The molecule has 480 valence electrons. The van der Waals surface area contributed by atoms with Gasteiger partial charge in [-0.15, -0.1) is 0 Å². The van der Waals surface area contributed by atoms with Crippen LogP contribution < -0.4 is 10.6 Å². The van der Waals surface area contributed by atoms with E-state index in [2.05, 4.69) is 59.2 Å². The summed E-state index contributed by atoms with van der Waals surface area (Å²) in [5.41, 5.74) is 7.89. The Hall–Kier alpha value is -6.17. The lowest BCUT2D eigenvalue weighted by atomic mass is 9.89. The van der Waals surface area contributed by atoms with Gasteiger partial charge in [0.2, 0.25) is 23.6 Å². The van der Waals surface area contributed by atoms with Gasteiger partial charge in [0.15, 0.2) is 6.29 Å². The van der Waals surface area contributed by atoms with E-state index in [1.165, 1.54) is 36.1 Å². The van der Waals surface area contributed by atoms with Crippen LogP contribution in [0.1, 0.15) is 172 Å². The highest BCUT2D eigenvalue weighted by atomic mass is 16.7. The van der Waals surface area contributed by atoms with Crippen LogP contribution in [0.4, 0.5) is 4.79 Å². The van der Waals surface area contributed by atoms with Crippen LogP contribution in [0.25, 0.3) is 11.1 Å². The van der Waals surface area contributed by atoms with Crippen molar-refractivity contribution in [1.82, 2.24) is 25.3 Å². The topological polar surface area (TPSA) is 175 Å². The molecule has 2 saturated heterocycles. The van der Waals surface area contributed by atoms with E-state index in [-0.39, 0.29) is 60.5 Å². The quantitative estimate of drug-likeness (QED) is 0.0529. The van der Waals surface area contributed by atoms with Crippen molar-refractivity contribution in [3.05, 3.63) is 131 Å². The van der Waals surface area contributed by atoms with Crippen LogP contribution in [0.3, 0.4) is 0 Å². The molecule has 5 amide bonds. The Morgan fingerprint density at radius 2 is 1.33 bits per heavy atom. The van der Waals surface area contributed by atoms with Crippen molar-refractivity contribution in [2.45, 2.75) is 205 Å². The molecule has 88 heavy (non-hydrogen) atoms. The molecule has 0 radical (unpaired) electrons. The summed E-state index contributed by atoms with van der Waals surface area (Å²) in [6.45, 7) is 16.9. The van der Waals surface area contributed by atoms with E-state index in [4.69, 9.17) is 28.4 Å². The normalized spacial score (nSPS) is 20.9. The molecule has 2 N–H and O–H groups in total. The summed E-state index contributed by atoms with van der Waals surface area (Å²) in [6.07, 6.45) is 6.56. The lowest BCUT2D eigenvalue weighted by Gasteiger charge is -2.41. The summed E-state index contributed by atoms with van der Waals surface area (Å²) in [4.78, 5) is 77.3. The number of amides is 5. The van der Waals surface area contributed by atoms with E-state index in [0.29, 0.717) is 44.9 Å². The molecular weight excluding hydrogens is 1110 g/mol. The van der Waals surface area contributed by atoms with Crippen LogP contribution in [0.15, 0.2) is 103 Å². The molecule has 0 bridgehead atoms. The van der Waals surface area contributed by atoms with Crippen LogP contribution in [-0.2, 0) is 54.2 Å². The van der Waals surface area contributed by atoms with Crippen molar-refractivity contribution in [2.75, 3.05) is 48.1 Å². The maximum absolute atomic E-state index is 14.9. The van der Waals surface area contributed by atoms with Crippen molar-refractivity contribution in [3.63, 3.8) is 0 Å². The number of hydrogen-bond acceptors (Lipinski definition) is 11. The molecular formula is C72H101N5O11. The molecule has 4 aromatic carbocycles. The van der Waals surface area contributed by atoms with Gasteiger partial charge in [-0.25, -0.2) is 4.79 Å². The first-order chi connectivity index (χ1) is 42.3. The van der Waals surface area contributed by atoms with Crippen molar-refractivity contribution in [2.24, 2.45) is 23.7 Å². The largest absolute Gasteiger partial charge is 0.448 e. The SMILES string of the molecule is CC[C@H](C)[C@@H]([C@@H](CC(=O)N1CCC[C@H]1[C@H](OC)[C@@H](C)C(=O)N[C@H](C)[C@@H](OC1CCCC(COCc2ccc(C3CCCC3)cc2)O1)c1ccccc1)OC)N(C)C(=O)[C@@H](NC(=O)[C@H](C(C)C)N(C)C(=O)OCC1c2ccccc2-c2ccccc21)C(C)C. The van der Waals surface area contributed by atoms with Gasteiger partial charge in [0.05, 0.1) is 62.0 Å². The zero-order chi connectivity index (χ0) is 63.2. The van der Waals surface area contributed by atoms with E-state index < -0.39 is 72.7 Å². The van der Waals surface area contributed by atoms with Crippen molar-refractivity contribution >= 4 is 29.7 Å². The number of methoxy groups -OCH3 is 2. The second-order valence-corrected chi connectivity index (χ2v) is 26.0. The average Bonchev–Trinajstić information content (AvgIpc) is 1.87. The van der Waals surface area contributed by atoms with Gasteiger partial charge in [-0.3, -0.25) is 24.1 Å². The maximum atomic E-state index is 14.9. The molecule has 8 rings (SSSR count). The smallest absolute Gasteiger partial charge is 0.410 e. The van der Waals surface area contributed by atoms with Crippen molar-refractivity contribution < 1.29 is 52.4 Å². The molecule has 4 aromatic rings. The average molecular weight is 1210 g/mol. The Labute approximate surface area is 524 Å². The summed E-state index contributed by atoms with van der Waals surface area (Å²) in [5, 5.41) is 6.31. The first-order valence-corrected chi connectivity index (χ1v) is 32.7. The highest BCUT2D eigenvalue weighted by Gasteiger charge is 2.44. The molecule has 4 aliphatic rings. The molecule has 3 fully saturated rings. The number of fused-ring (bicyclic) bond motifs is 3. The Kier molecular flexibility index (Phi) is 24.7. The lowest BCUT2D eigenvalue weighted by Crippen LogP contribution is -2.60. The van der Waals surface area contributed by atoms with Crippen molar-refractivity contribution in [3.8, 4) is 11.1 Å². The number of hydrogen-bond donors (Lipinski definition) is 2. The summed E-state index contributed by atoms with van der Waals surface area (Å²) in [5.74, 6) is -2.12. The predicted octanol–water partition coefficient (Wildman–Crippen LogP) is 12.0. The first kappa shape index (κ1) is 67.8. The van der Waals surface area contributed by atoms with Gasteiger partial charge in [-0.05, 0) is 114 Å². The Morgan fingerprint density at radius 3 is 1.94 bits per heavy atom. The van der Waals surface area contributed by atoms with Gasteiger partial charge in [0, 0.05) is 40.8 Å². The van der Waals surface area contributed by atoms with E-state index in [1.807, 2.05) is 115 Å². The van der Waals surface area contributed by atoms with E-state index >= 15 is 0 Å². The highest BCUT2D eigenvalue weighted by molar-refractivity contribution is 5.92. The van der Waals surface area contributed by atoms with Gasteiger partial charge in [0.25, 0.3) is 0 Å². The van der Waals surface area contributed by atoms with E-state index in [0.717, 1.165) is 52.6 Å². The molecule has 0 aromatic heterocycles. The van der Waals surface area contributed by atoms with E-state index in [1.54, 1.807) is 33.2 Å². The predicted molar refractivity (Wildman–Crippen MR) is 342 cm³/mol.